The molecule has 8 heteroatoms. The number of nitrogens with one attached hydrogen (secondary N) is 1. The van der Waals surface area contributed by atoms with E-state index in [0.29, 0.717) is 38.6 Å². The van der Waals surface area contributed by atoms with Crippen LogP contribution in [0.2, 0.25) is 0 Å². The molecular formula is C11H26N4O3S. The molecule has 0 aromatic heterocycles. The van der Waals surface area contributed by atoms with Gasteiger partial charge in [-0.05, 0) is 13.3 Å². The lowest BCUT2D eigenvalue weighted by molar-refractivity contribution is 0.179. The molecular weight excluding hydrogens is 268 g/mol. The van der Waals surface area contributed by atoms with E-state index < -0.39 is 10.0 Å². The van der Waals surface area contributed by atoms with E-state index in [1.165, 1.54) is 10.6 Å². The first kappa shape index (κ1) is 18.1. The molecule has 0 aliphatic carbocycles. The zero-order valence-corrected chi connectivity index (χ0v) is 13.0. The first-order valence-corrected chi connectivity index (χ1v) is 8.16. The Bertz CT molecular complexity index is 370. The van der Waals surface area contributed by atoms with Crippen molar-refractivity contribution in [2.24, 2.45) is 10.7 Å². The van der Waals surface area contributed by atoms with E-state index in [4.69, 9.17) is 10.5 Å². The summed E-state index contributed by atoms with van der Waals surface area (Å²) in [5.41, 5.74) is 5.69. The van der Waals surface area contributed by atoms with Crippen LogP contribution in [-0.4, -0.2) is 64.3 Å². The fourth-order valence-electron chi connectivity index (χ4n) is 1.59. The summed E-state index contributed by atoms with van der Waals surface area (Å²) in [6.07, 6.45) is 1.85. The lowest BCUT2D eigenvalue weighted by atomic mass is 10.4. The molecule has 3 N–H and O–H groups in total. The second kappa shape index (κ2) is 9.11. The number of hydrogen-bond donors (Lipinski definition) is 2. The maximum absolute atomic E-state index is 11.3. The fourth-order valence-corrected chi connectivity index (χ4v) is 2.52. The zero-order chi connectivity index (χ0) is 14.9. The van der Waals surface area contributed by atoms with E-state index >= 15 is 0 Å². The number of hydrogen-bond acceptors (Lipinski definition) is 4. The van der Waals surface area contributed by atoms with E-state index in [-0.39, 0.29) is 6.04 Å². The van der Waals surface area contributed by atoms with Crippen LogP contribution in [0.1, 0.15) is 20.3 Å². The van der Waals surface area contributed by atoms with Gasteiger partial charge in [0.05, 0.1) is 12.9 Å². The van der Waals surface area contributed by atoms with Gasteiger partial charge in [-0.25, -0.2) is 12.7 Å². The van der Waals surface area contributed by atoms with Crippen LogP contribution in [0.25, 0.3) is 0 Å². The lowest BCUT2D eigenvalue weighted by Gasteiger charge is -2.17. The molecule has 0 aliphatic rings. The molecule has 0 bridgehead atoms. The van der Waals surface area contributed by atoms with Crippen molar-refractivity contribution in [1.82, 2.24) is 9.62 Å². The monoisotopic (exact) mass is 294 g/mol. The van der Waals surface area contributed by atoms with Crippen LogP contribution in [0.5, 0.6) is 0 Å². The van der Waals surface area contributed by atoms with Gasteiger partial charge in [-0.3, -0.25) is 4.99 Å². The van der Waals surface area contributed by atoms with Crippen molar-refractivity contribution < 1.29 is 13.2 Å². The summed E-state index contributed by atoms with van der Waals surface area (Å²) < 4.78 is 29.1. The van der Waals surface area contributed by atoms with Gasteiger partial charge in [0.1, 0.15) is 0 Å². The van der Waals surface area contributed by atoms with Crippen LogP contribution < -0.4 is 11.1 Å². The van der Waals surface area contributed by atoms with E-state index in [2.05, 4.69) is 10.3 Å². The molecule has 0 spiro atoms. The summed E-state index contributed by atoms with van der Waals surface area (Å²) in [7, 11) is -1.50. The van der Waals surface area contributed by atoms with Gasteiger partial charge in [0.15, 0.2) is 5.96 Å². The highest BCUT2D eigenvalue weighted by Gasteiger charge is 2.12. The van der Waals surface area contributed by atoms with Gasteiger partial charge in [0, 0.05) is 32.8 Å². The van der Waals surface area contributed by atoms with Gasteiger partial charge in [0.25, 0.3) is 0 Å². The molecule has 1 unspecified atom stereocenters. The smallest absolute Gasteiger partial charge is 0.211 e. The van der Waals surface area contributed by atoms with E-state index in [9.17, 15) is 8.42 Å². The van der Waals surface area contributed by atoms with Crippen LogP contribution >= 0.6 is 0 Å². The van der Waals surface area contributed by atoms with E-state index in [1.807, 2.05) is 13.8 Å². The summed E-state index contributed by atoms with van der Waals surface area (Å²) in [4.78, 5) is 4.14. The van der Waals surface area contributed by atoms with Crippen molar-refractivity contribution in [3.05, 3.63) is 0 Å². The van der Waals surface area contributed by atoms with Crippen molar-refractivity contribution in [2.75, 3.05) is 39.6 Å². The Morgan fingerprint density at radius 2 is 2.16 bits per heavy atom. The summed E-state index contributed by atoms with van der Waals surface area (Å²) >= 11 is 0. The normalized spacial score (nSPS) is 14.7. The zero-order valence-electron chi connectivity index (χ0n) is 12.2. The molecule has 0 saturated carbocycles. The molecule has 0 saturated heterocycles. The largest absolute Gasteiger partial charge is 0.383 e. The minimum Gasteiger partial charge on any atom is -0.383 e. The molecule has 0 fully saturated rings. The number of nitrogens with zero attached hydrogens (tertiary/aromatic N) is 2. The second-order valence-electron chi connectivity index (χ2n) is 4.38. The molecule has 0 aromatic rings. The van der Waals surface area contributed by atoms with Gasteiger partial charge in [-0.2, -0.15) is 0 Å². The molecule has 0 rings (SSSR count). The average molecular weight is 294 g/mol. The van der Waals surface area contributed by atoms with Gasteiger partial charge in [-0.15, -0.1) is 0 Å². The number of aliphatic imine (C=N–C) groups is 1. The molecule has 0 heterocycles. The summed E-state index contributed by atoms with van der Waals surface area (Å²) in [6.45, 7) is 5.72. The third kappa shape index (κ3) is 8.79. The molecule has 0 aromatic carbocycles. The molecule has 1 atom stereocenters. The van der Waals surface area contributed by atoms with Crippen LogP contribution in [0, 0.1) is 0 Å². The van der Waals surface area contributed by atoms with Gasteiger partial charge < -0.3 is 15.8 Å². The highest BCUT2D eigenvalue weighted by atomic mass is 32.2. The first-order chi connectivity index (χ1) is 8.81. The summed E-state index contributed by atoms with van der Waals surface area (Å²) in [5.74, 6) is 0.354. The number of ether oxygens (including phenoxy) is 1. The standard InChI is InChI=1S/C11H26N4O3S/c1-5-15(19(4,16)17)8-6-7-13-11(12)14-10(2)9-18-3/h10H,5-9H2,1-4H3,(H3,12,13,14). The molecule has 114 valence electrons. The average Bonchev–Trinajstić information content (AvgIpc) is 2.27. The quantitative estimate of drug-likeness (QED) is 0.342. The minimum atomic E-state index is -3.12. The van der Waals surface area contributed by atoms with Crippen LogP contribution in [-0.2, 0) is 14.8 Å². The van der Waals surface area contributed by atoms with Crippen molar-refractivity contribution in [3.8, 4) is 0 Å². The minimum absolute atomic E-state index is 0.0944. The third-order valence-corrected chi connectivity index (χ3v) is 3.86. The van der Waals surface area contributed by atoms with Gasteiger partial charge >= 0.3 is 0 Å². The lowest BCUT2D eigenvalue weighted by Crippen LogP contribution is -2.40. The third-order valence-electron chi connectivity index (χ3n) is 2.48. The number of rotatable bonds is 9. The number of methoxy groups -OCH3 is 1. The summed E-state index contributed by atoms with van der Waals surface area (Å²) in [5, 5.41) is 2.98. The van der Waals surface area contributed by atoms with E-state index in [0.717, 1.165) is 0 Å². The molecule has 0 amide bonds. The van der Waals surface area contributed by atoms with Gasteiger partial charge in [-0.1, -0.05) is 6.92 Å². The number of guanidine groups is 1. The van der Waals surface area contributed by atoms with Crippen LogP contribution in [0.3, 0.4) is 0 Å². The Kier molecular flexibility index (Phi) is 8.70. The van der Waals surface area contributed by atoms with Crippen molar-refractivity contribution >= 4 is 16.0 Å². The maximum Gasteiger partial charge on any atom is 0.211 e. The van der Waals surface area contributed by atoms with Crippen LogP contribution in [0.4, 0.5) is 0 Å². The number of nitrogens with two attached hydrogens (primary N) is 1. The predicted molar refractivity (Wildman–Crippen MR) is 77.7 cm³/mol. The second-order valence-corrected chi connectivity index (χ2v) is 6.36. The Morgan fingerprint density at radius 1 is 1.53 bits per heavy atom. The van der Waals surface area contributed by atoms with Crippen LogP contribution in [0.15, 0.2) is 4.99 Å². The Labute approximate surface area is 116 Å². The summed E-state index contributed by atoms with van der Waals surface area (Å²) in [6, 6.07) is 0.0944. The maximum atomic E-state index is 11.3. The number of sulfonamides is 1. The van der Waals surface area contributed by atoms with Crippen molar-refractivity contribution in [2.45, 2.75) is 26.3 Å². The Morgan fingerprint density at radius 3 is 2.63 bits per heavy atom. The molecule has 0 radical (unpaired) electrons. The predicted octanol–water partition coefficient (Wildman–Crippen LogP) is -0.403. The van der Waals surface area contributed by atoms with Crippen molar-refractivity contribution in [3.63, 3.8) is 0 Å². The Balaban J connectivity index is 4.01. The Hall–Kier alpha value is -0.860. The van der Waals surface area contributed by atoms with E-state index in [1.54, 1.807) is 7.11 Å². The fraction of sp³-hybridized carbons (Fsp3) is 0.909. The molecule has 0 aliphatic heterocycles. The highest BCUT2D eigenvalue weighted by Crippen LogP contribution is 1.98. The SMILES string of the molecule is CCN(CCCN=C(N)NC(C)COC)S(C)(=O)=O. The molecule has 19 heavy (non-hydrogen) atoms. The molecule has 7 nitrogen and oxygen atoms in total. The van der Waals surface area contributed by atoms with Crippen molar-refractivity contribution in [1.29, 1.82) is 0 Å². The first-order valence-electron chi connectivity index (χ1n) is 6.31. The topological polar surface area (TPSA) is 97.0 Å². The highest BCUT2D eigenvalue weighted by molar-refractivity contribution is 7.88. The van der Waals surface area contributed by atoms with Gasteiger partial charge in [0.2, 0.25) is 10.0 Å².